The Morgan fingerprint density at radius 3 is 2.42 bits per heavy atom. The summed E-state index contributed by atoms with van der Waals surface area (Å²) in [6, 6.07) is 7.39. The van der Waals surface area contributed by atoms with Crippen LogP contribution in [0.4, 0.5) is 5.69 Å². The van der Waals surface area contributed by atoms with E-state index in [1.165, 1.54) is 37.4 Å². The highest BCUT2D eigenvalue weighted by Crippen LogP contribution is 2.34. The van der Waals surface area contributed by atoms with E-state index in [0.717, 1.165) is 0 Å². The molecule has 1 aliphatic rings. The monoisotopic (exact) mass is 364 g/mol. The van der Waals surface area contributed by atoms with Crippen molar-refractivity contribution >= 4 is 46.6 Å². The van der Waals surface area contributed by atoms with Crippen molar-refractivity contribution in [2.45, 2.75) is 0 Å². The summed E-state index contributed by atoms with van der Waals surface area (Å²) in [6.07, 6.45) is 0. The van der Waals surface area contributed by atoms with Gasteiger partial charge in [-0.1, -0.05) is 23.2 Å². The number of halogens is 2. The van der Waals surface area contributed by atoms with Crippen LogP contribution in [-0.2, 0) is 0 Å². The molecule has 24 heavy (non-hydrogen) atoms. The third-order valence-electron chi connectivity index (χ3n) is 3.48. The molecule has 3 amide bonds. The van der Waals surface area contributed by atoms with Gasteiger partial charge in [0.15, 0.2) is 5.75 Å². The van der Waals surface area contributed by atoms with Crippen molar-refractivity contribution in [3.63, 3.8) is 0 Å². The number of rotatable bonds is 3. The second kappa shape index (κ2) is 6.14. The fourth-order valence-corrected chi connectivity index (χ4v) is 2.85. The molecule has 2 N–H and O–H groups in total. The molecule has 0 unspecified atom stereocenters. The smallest absolute Gasteiger partial charge is 0.261 e. The zero-order chi connectivity index (χ0) is 17.4. The number of nitrogens with one attached hydrogen (secondary N) is 2. The molecule has 0 saturated heterocycles. The number of fused-ring (bicyclic) bond motifs is 1. The lowest BCUT2D eigenvalue weighted by atomic mass is 10.1. The van der Waals surface area contributed by atoms with Gasteiger partial charge in [-0.2, -0.15) is 0 Å². The summed E-state index contributed by atoms with van der Waals surface area (Å²) >= 11 is 12.1. The van der Waals surface area contributed by atoms with Crippen LogP contribution in [0.5, 0.6) is 5.75 Å². The number of anilines is 1. The first-order valence-corrected chi connectivity index (χ1v) is 7.51. The zero-order valence-corrected chi connectivity index (χ0v) is 13.8. The minimum atomic E-state index is -0.552. The molecule has 2 aromatic carbocycles. The fraction of sp³-hybridized carbons (Fsp3) is 0.0625. The van der Waals surface area contributed by atoms with Crippen molar-refractivity contribution in [3.8, 4) is 5.75 Å². The van der Waals surface area contributed by atoms with E-state index in [9.17, 15) is 14.4 Å². The maximum Gasteiger partial charge on any atom is 0.261 e. The quantitative estimate of drug-likeness (QED) is 0.819. The molecule has 1 heterocycles. The van der Waals surface area contributed by atoms with Gasteiger partial charge in [0, 0.05) is 5.69 Å². The number of methoxy groups -OCH3 is 1. The lowest BCUT2D eigenvalue weighted by Crippen LogP contribution is -2.19. The Morgan fingerprint density at radius 2 is 1.71 bits per heavy atom. The van der Waals surface area contributed by atoms with Crippen molar-refractivity contribution in [1.29, 1.82) is 0 Å². The molecule has 0 saturated carbocycles. The number of amides is 3. The molecule has 0 atom stereocenters. The van der Waals surface area contributed by atoms with Crippen LogP contribution in [0.2, 0.25) is 10.0 Å². The molecule has 122 valence electrons. The normalized spacial score (nSPS) is 12.6. The molecule has 1 aliphatic heterocycles. The first-order valence-electron chi connectivity index (χ1n) is 6.75. The first-order chi connectivity index (χ1) is 11.4. The van der Waals surface area contributed by atoms with E-state index >= 15 is 0 Å². The minimum absolute atomic E-state index is 0.0766. The van der Waals surface area contributed by atoms with Crippen LogP contribution >= 0.6 is 23.2 Å². The van der Waals surface area contributed by atoms with E-state index in [4.69, 9.17) is 27.9 Å². The SMILES string of the molecule is COc1c(Cl)ccc(Cl)c1C(=O)Nc1ccc2c(c1)C(=O)NC2=O. The second-order valence-electron chi connectivity index (χ2n) is 4.94. The number of carbonyl (C=O) groups is 3. The molecule has 0 fully saturated rings. The van der Waals surface area contributed by atoms with Gasteiger partial charge in [0.2, 0.25) is 0 Å². The average molecular weight is 365 g/mol. The molecule has 6 nitrogen and oxygen atoms in total. The lowest BCUT2D eigenvalue weighted by Gasteiger charge is -2.12. The van der Waals surface area contributed by atoms with E-state index in [2.05, 4.69) is 10.6 Å². The van der Waals surface area contributed by atoms with Crippen molar-refractivity contribution in [1.82, 2.24) is 5.32 Å². The van der Waals surface area contributed by atoms with E-state index < -0.39 is 17.7 Å². The Balaban J connectivity index is 1.95. The predicted octanol–water partition coefficient (Wildman–Crippen LogP) is 3.14. The second-order valence-corrected chi connectivity index (χ2v) is 5.75. The van der Waals surface area contributed by atoms with Gasteiger partial charge in [0.05, 0.1) is 28.3 Å². The number of carbonyl (C=O) groups excluding carboxylic acids is 3. The van der Waals surface area contributed by atoms with Gasteiger partial charge in [-0.05, 0) is 30.3 Å². The maximum absolute atomic E-state index is 12.5. The average Bonchev–Trinajstić information content (AvgIpc) is 2.83. The number of ether oxygens (including phenoxy) is 1. The van der Waals surface area contributed by atoms with Gasteiger partial charge in [-0.15, -0.1) is 0 Å². The first kappa shape index (κ1) is 16.3. The summed E-state index contributed by atoms with van der Waals surface area (Å²) < 4.78 is 5.13. The van der Waals surface area contributed by atoms with Crippen LogP contribution in [0.15, 0.2) is 30.3 Å². The summed E-state index contributed by atoms with van der Waals surface area (Å²) in [5.41, 5.74) is 0.868. The summed E-state index contributed by atoms with van der Waals surface area (Å²) in [5.74, 6) is -1.38. The van der Waals surface area contributed by atoms with Gasteiger partial charge < -0.3 is 10.1 Å². The Labute approximate surface area is 146 Å². The van der Waals surface area contributed by atoms with E-state index in [-0.39, 0.29) is 32.5 Å². The van der Waals surface area contributed by atoms with E-state index in [1.807, 2.05) is 0 Å². The van der Waals surface area contributed by atoms with Gasteiger partial charge in [-0.3, -0.25) is 19.7 Å². The third-order valence-corrected chi connectivity index (χ3v) is 4.10. The van der Waals surface area contributed by atoms with Gasteiger partial charge >= 0.3 is 0 Å². The maximum atomic E-state index is 12.5. The van der Waals surface area contributed by atoms with Gasteiger partial charge in [0.25, 0.3) is 17.7 Å². The summed E-state index contributed by atoms with van der Waals surface area (Å²) in [6.45, 7) is 0. The van der Waals surface area contributed by atoms with Gasteiger partial charge in [0.1, 0.15) is 5.56 Å². The number of hydrogen-bond donors (Lipinski definition) is 2. The van der Waals surface area contributed by atoms with Crippen LogP contribution < -0.4 is 15.4 Å². The Hall–Kier alpha value is -2.57. The highest BCUT2D eigenvalue weighted by Gasteiger charge is 2.27. The molecule has 0 spiro atoms. The minimum Gasteiger partial charge on any atom is -0.494 e. The largest absolute Gasteiger partial charge is 0.494 e. The fourth-order valence-electron chi connectivity index (χ4n) is 2.38. The van der Waals surface area contributed by atoms with Crippen molar-refractivity contribution in [2.75, 3.05) is 12.4 Å². The molecule has 0 radical (unpaired) electrons. The lowest BCUT2D eigenvalue weighted by molar-refractivity contribution is 0.0878. The van der Waals surface area contributed by atoms with Crippen molar-refractivity contribution < 1.29 is 19.1 Å². The molecular formula is C16H10Cl2N2O4. The zero-order valence-electron chi connectivity index (χ0n) is 12.3. The Morgan fingerprint density at radius 1 is 1.04 bits per heavy atom. The highest BCUT2D eigenvalue weighted by atomic mass is 35.5. The molecular weight excluding hydrogens is 355 g/mol. The van der Waals surface area contributed by atoms with Crippen LogP contribution in [0.25, 0.3) is 0 Å². The summed E-state index contributed by atoms with van der Waals surface area (Å²) in [5, 5.41) is 5.20. The topological polar surface area (TPSA) is 84.5 Å². The summed E-state index contributed by atoms with van der Waals surface area (Å²) in [7, 11) is 1.37. The Bertz CT molecular complexity index is 896. The van der Waals surface area contributed by atoms with Crippen molar-refractivity contribution in [3.05, 3.63) is 57.1 Å². The third kappa shape index (κ3) is 2.70. The number of benzene rings is 2. The standard InChI is InChI=1S/C16H10Cl2N2O4/c1-24-13-11(18)5-4-10(17)12(13)16(23)19-7-2-3-8-9(6-7)15(22)20-14(8)21/h2-6H,1H3,(H,19,23)(H,20,21,22). The van der Waals surface area contributed by atoms with Crippen LogP contribution in [0, 0.1) is 0 Å². The Kier molecular flexibility index (Phi) is 4.17. The highest BCUT2D eigenvalue weighted by molar-refractivity contribution is 6.37. The molecule has 0 bridgehead atoms. The molecule has 0 aliphatic carbocycles. The molecule has 3 rings (SSSR count). The molecule has 8 heteroatoms. The molecule has 0 aromatic heterocycles. The van der Waals surface area contributed by atoms with E-state index in [0.29, 0.717) is 5.69 Å². The van der Waals surface area contributed by atoms with Crippen LogP contribution in [-0.4, -0.2) is 24.8 Å². The van der Waals surface area contributed by atoms with E-state index in [1.54, 1.807) is 0 Å². The van der Waals surface area contributed by atoms with Crippen LogP contribution in [0.1, 0.15) is 31.1 Å². The number of imide groups is 1. The summed E-state index contributed by atoms with van der Waals surface area (Å²) in [4.78, 5) is 35.7. The molecule has 2 aromatic rings. The predicted molar refractivity (Wildman–Crippen MR) is 89.2 cm³/mol. The van der Waals surface area contributed by atoms with Gasteiger partial charge in [-0.25, -0.2) is 0 Å². The van der Waals surface area contributed by atoms with Crippen LogP contribution in [0.3, 0.4) is 0 Å². The van der Waals surface area contributed by atoms with Crippen molar-refractivity contribution in [2.24, 2.45) is 0 Å². The number of hydrogen-bond acceptors (Lipinski definition) is 4.